The van der Waals surface area contributed by atoms with Crippen LogP contribution in [0, 0.1) is 0 Å². The van der Waals surface area contributed by atoms with Gasteiger partial charge in [0.05, 0.1) is 6.54 Å². The van der Waals surface area contributed by atoms with Gasteiger partial charge >= 0.3 is 12.1 Å². The molecular formula is C11H21F3N2O2. The number of carboxylic acids is 1. The number of nitrogens with zero attached hydrogens (tertiary/aromatic N) is 1. The molecule has 0 saturated carbocycles. The number of hydrogen-bond donors (Lipinski definition) is 2. The number of nitrogens with one attached hydrogen (secondary N) is 1. The Balaban J connectivity index is 4.19. The summed E-state index contributed by atoms with van der Waals surface area (Å²) >= 11 is 0. The molecule has 0 aromatic heterocycles. The second-order valence-electron chi connectivity index (χ2n) is 4.47. The summed E-state index contributed by atoms with van der Waals surface area (Å²) in [5.41, 5.74) is -1.09. The largest absolute Gasteiger partial charge is 0.480 e. The molecule has 0 aliphatic rings. The molecule has 0 aliphatic carbocycles. The Morgan fingerprint density at radius 2 is 1.94 bits per heavy atom. The highest BCUT2D eigenvalue weighted by atomic mass is 19.4. The topological polar surface area (TPSA) is 52.6 Å². The first-order chi connectivity index (χ1) is 8.14. The lowest BCUT2D eigenvalue weighted by molar-refractivity contribution is -0.147. The summed E-state index contributed by atoms with van der Waals surface area (Å²) < 4.78 is 36.6. The van der Waals surface area contributed by atoms with Gasteiger partial charge in [-0.1, -0.05) is 6.92 Å². The van der Waals surface area contributed by atoms with Gasteiger partial charge in [-0.25, -0.2) is 0 Å². The fourth-order valence-electron chi connectivity index (χ4n) is 1.60. The molecule has 0 radical (unpaired) electrons. The summed E-state index contributed by atoms with van der Waals surface area (Å²) in [5.74, 6) is -0.996. The predicted octanol–water partition coefficient (Wildman–Crippen LogP) is 1.71. The fraction of sp³-hybridized carbons (Fsp3) is 0.909. The number of carbonyl (C=O) groups is 1. The van der Waals surface area contributed by atoms with Crippen LogP contribution in [0.15, 0.2) is 0 Å². The zero-order valence-corrected chi connectivity index (χ0v) is 11.0. The van der Waals surface area contributed by atoms with Crippen LogP contribution in [0.3, 0.4) is 0 Å². The maximum absolute atomic E-state index is 12.2. The number of rotatable bonds is 8. The third-order valence-electron chi connectivity index (χ3n) is 3.03. The minimum absolute atomic E-state index is 0.237. The number of likely N-dealkylation sites (N-methyl/N-ethyl adjacent to an activating group) is 1. The Morgan fingerprint density at radius 3 is 2.28 bits per heavy atom. The lowest BCUT2D eigenvalue weighted by atomic mass is 9.96. The van der Waals surface area contributed by atoms with Crippen LogP contribution in [0.2, 0.25) is 0 Å². The highest BCUT2D eigenvalue weighted by Gasteiger charge is 2.32. The van der Waals surface area contributed by atoms with E-state index in [9.17, 15) is 18.0 Å². The second kappa shape index (κ2) is 6.94. The van der Waals surface area contributed by atoms with Crippen molar-refractivity contribution in [3.8, 4) is 0 Å². The van der Waals surface area contributed by atoms with Gasteiger partial charge in [0.25, 0.3) is 0 Å². The average Bonchev–Trinajstić information content (AvgIpc) is 2.25. The van der Waals surface area contributed by atoms with E-state index >= 15 is 0 Å². The van der Waals surface area contributed by atoms with Crippen molar-refractivity contribution in [3.63, 3.8) is 0 Å². The molecule has 18 heavy (non-hydrogen) atoms. The van der Waals surface area contributed by atoms with E-state index in [-0.39, 0.29) is 13.0 Å². The van der Waals surface area contributed by atoms with E-state index in [0.29, 0.717) is 13.0 Å². The van der Waals surface area contributed by atoms with E-state index in [1.54, 1.807) is 6.92 Å². The highest BCUT2D eigenvalue weighted by molar-refractivity contribution is 5.78. The molecule has 0 amide bonds. The van der Waals surface area contributed by atoms with Crippen molar-refractivity contribution < 1.29 is 23.1 Å². The number of aliphatic carboxylic acids is 1. The lowest BCUT2D eigenvalue weighted by Crippen LogP contribution is -2.48. The van der Waals surface area contributed by atoms with Crippen molar-refractivity contribution >= 4 is 5.97 Å². The molecule has 0 aliphatic heterocycles. The molecule has 0 saturated heterocycles. The summed E-state index contributed by atoms with van der Waals surface area (Å²) in [4.78, 5) is 12.2. The molecule has 0 bridgehead atoms. The maximum Gasteiger partial charge on any atom is 0.401 e. The average molecular weight is 270 g/mol. The fourth-order valence-corrected chi connectivity index (χ4v) is 1.60. The molecule has 1 atom stereocenters. The molecule has 0 rings (SSSR count). The summed E-state index contributed by atoms with van der Waals surface area (Å²) in [5, 5.41) is 11.7. The Morgan fingerprint density at radius 1 is 1.39 bits per heavy atom. The van der Waals surface area contributed by atoms with Crippen molar-refractivity contribution in [1.29, 1.82) is 0 Å². The van der Waals surface area contributed by atoms with E-state index in [0.717, 1.165) is 0 Å². The van der Waals surface area contributed by atoms with E-state index in [1.165, 1.54) is 18.9 Å². The first-order valence-corrected chi connectivity index (χ1v) is 5.86. The molecule has 0 heterocycles. The lowest BCUT2D eigenvalue weighted by Gasteiger charge is -2.26. The molecule has 4 nitrogen and oxygen atoms in total. The Hall–Kier alpha value is -0.820. The van der Waals surface area contributed by atoms with Gasteiger partial charge in [0.15, 0.2) is 0 Å². The minimum atomic E-state index is -4.21. The SMILES string of the molecule is CCN(CCCC(C)(NC)C(=O)O)CC(F)(F)F. The van der Waals surface area contributed by atoms with E-state index < -0.39 is 24.2 Å². The van der Waals surface area contributed by atoms with Gasteiger partial charge < -0.3 is 10.4 Å². The van der Waals surface area contributed by atoms with Crippen LogP contribution in [-0.2, 0) is 4.79 Å². The molecule has 0 aromatic carbocycles. The van der Waals surface area contributed by atoms with Crippen molar-refractivity contribution in [2.24, 2.45) is 0 Å². The zero-order valence-electron chi connectivity index (χ0n) is 11.0. The van der Waals surface area contributed by atoms with Crippen molar-refractivity contribution in [3.05, 3.63) is 0 Å². The molecule has 0 fully saturated rings. The van der Waals surface area contributed by atoms with Gasteiger partial charge in [-0.05, 0) is 39.9 Å². The van der Waals surface area contributed by atoms with Crippen LogP contribution in [0.25, 0.3) is 0 Å². The van der Waals surface area contributed by atoms with Gasteiger partial charge in [-0.15, -0.1) is 0 Å². The van der Waals surface area contributed by atoms with Crippen LogP contribution in [0.1, 0.15) is 26.7 Å². The summed E-state index contributed by atoms with van der Waals surface area (Å²) in [6.07, 6.45) is -3.53. The first kappa shape index (κ1) is 17.2. The van der Waals surface area contributed by atoms with Gasteiger partial charge in [-0.3, -0.25) is 9.69 Å². The van der Waals surface area contributed by atoms with Gasteiger partial charge in [0, 0.05) is 0 Å². The molecule has 108 valence electrons. The molecular weight excluding hydrogens is 249 g/mol. The van der Waals surface area contributed by atoms with Gasteiger partial charge in [-0.2, -0.15) is 13.2 Å². The Kier molecular flexibility index (Phi) is 6.62. The Labute approximate surface area is 105 Å². The number of halogens is 3. The molecule has 1 unspecified atom stereocenters. The first-order valence-electron chi connectivity index (χ1n) is 5.86. The smallest absolute Gasteiger partial charge is 0.401 e. The number of alkyl halides is 3. The van der Waals surface area contributed by atoms with Crippen molar-refractivity contribution in [2.75, 3.05) is 26.7 Å². The molecule has 7 heteroatoms. The second-order valence-corrected chi connectivity index (χ2v) is 4.47. The maximum atomic E-state index is 12.2. The van der Waals surface area contributed by atoms with Gasteiger partial charge in [0.2, 0.25) is 0 Å². The third-order valence-corrected chi connectivity index (χ3v) is 3.03. The van der Waals surface area contributed by atoms with Crippen LogP contribution in [-0.4, -0.2) is 54.4 Å². The Bertz CT molecular complexity index is 272. The summed E-state index contributed by atoms with van der Waals surface area (Å²) in [6.45, 7) is 2.76. The van der Waals surface area contributed by atoms with Gasteiger partial charge in [0.1, 0.15) is 5.54 Å². The van der Waals surface area contributed by atoms with E-state index in [4.69, 9.17) is 5.11 Å². The predicted molar refractivity (Wildman–Crippen MR) is 62.5 cm³/mol. The highest BCUT2D eigenvalue weighted by Crippen LogP contribution is 2.18. The summed E-state index contributed by atoms with van der Waals surface area (Å²) in [7, 11) is 1.53. The number of hydrogen-bond acceptors (Lipinski definition) is 3. The quantitative estimate of drug-likeness (QED) is 0.705. The van der Waals surface area contributed by atoms with Crippen LogP contribution in [0.5, 0.6) is 0 Å². The van der Waals surface area contributed by atoms with E-state index in [2.05, 4.69) is 5.32 Å². The minimum Gasteiger partial charge on any atom is -0.480 e. The van der Waals surface area contributed by atoms with Crippen LogP contribution >= 0.6 is 0 Å². The van der Waals surface area contributed by atoms with Crippen LogP contribution < -0.4 is 5.32 Å². The standard InChI is InChI=1S/C11H21F3N2O2/c1-4-16(8-11(12,13)14)7-5-6-10(2,15-3)9(17)18/h15H,4-8H2,1-3H3,(H,17,18). The molecule has 2 N–H and O–H groups in total. The molecule has 0 aromatic rings. The zero-order chi connectivity index (χ0) is 14.4. The summed E-state index contributed by atoms with van der Waals surface area (Å²) in [6, 6.07) is 0. The number of carboxylic acid groups (broad SMARTS) is 1. The van der Waals surface area contributed by atoms with Crippen molar-refractivity contribution in [1.82, 2.24) is 10.2 Å². The molecule has 0 spiro atoms. The monoisotopic (exact) mass is 270 g/mol. The van der Waals surface area contributed by atoms with Crippen LogP contribution in [0.4, 0.5) is 13.2 Å². The van der Waals surface area contributed by atoms with Crippen molar-refractivity contribution in [2.45, 2.75) is 38.4 Å². The normalized spacial score (nSPS) is 15.7. The van der Waals surface area contributed by atoms with E-state index in [1.807, 2.05) is 0 Å². The third kappa shape index (κ3) is 6.20.